The number of anilines is 1. The number of hydrogen-bond donors (Lipinski definition) is 0. The van der Waals surface area contributed by atoms with Gasteiger partial charge in [0.2, 0.25) is 0 Å². The molecule has 2 aromatic rings. The van der Waals surface area contributed by atoms with Crippen LogP contribution in [0.1, 0.15) is 5.82 Å². The Morgan fingerprint density at radius 1 is 1.11 bits per heavy atom. The summed E-state index contributed by atoms with van der Waals surface area (Å²) < 4.78 is 1.83. The molecule has 0 saturated carbocycles. The van der Waals surface area contributed by atoms with E-state index >= 15 is 0 Å². The highest BCUT2D eigenvalue weighted by molar-refractivity contribution is 5.36. The highest BCUT2D eigenvalue weighted by Gasteiger charge is 2.19. The predicted molar refractivity (Wildman–Crippen MR) is 70.5 cm³/mol. The summed E-state index contributed by atoms with van der Waals surface area (Å²) in [7, 11) is 1.93. The first-order valence-corrected chi connectivity index (χ1v) is 6.39. The van der Waals surface area contributed by atoms with E-state index in [4.69, 9.17) is 0 Å². The average Bonchev–Trinajstić information content (AvgIpc) is 2.86. The van der Waals surface area contributed by atoms with E-state index in [0.717, 1.165) is 44.4 Å². The Balaban J connectivity index is 1.57. The van der Waals surface area contributed by atoms with Crippen LogP contribution in [0.2, 0.25) is 0 Å². The third kappa shape index (κ3) is 2.70. The molecule has 1 fully saturated rings. The minimum absolute atomic E-state index is 0.855. The SMILES string of the molecule is Cn1ncnc1CN1CCN(c2ccncn2)CC1. The van der Waals surface area contributed by atoms with Crippen molar-refractivity contribution in [1.82, 2.24) is 29.6 Å². The van der Waals surface area contributed by atoms with E-state index in [0.29, 0.717) is 0 Å². The molecule has 19 heavy (non-hydrogen) atoms. The fourth-order valence-corrected chi connectivity index (χ4v) is 2.27. The molecule has 7 heteroatoms. The number of hydrogen-bond acceptors (Lipinski definition) is 6. The molecule has 0 aliphatic carbocycles. The Bertz CT molecular complexity index is 516. The van der Waals surface area contributed by atoms with Gasteiger partial charge in [-0.1, -0.05) is 0 Å². The van der Waals surface area contributed by atoms with Gasteiger partial charge in [-0.3, -0.25) is 9.58 Å². The molecule has 1 saturated heterocycles. The summed E-state index contributed by atoms with van der Waals surface area (Å²) in [5.41, 5.74) is 0. The van der Waals surface area contributed by atoms with E-state index < -0.39 is 0 Å². The third-order valence-electron chi connectivity index (χ3n) is 3.43. The van der Waals surface area contributed by atoms with Gasteiger partial charge in [-0.05, 0) is 6.07 Å². The molecule has 0 aromatic carbocycles. The van der Waals surface area contributed by atoms with Crippen molar-refractivity contribution in [3.63, 3.8) is 0 Å². The van der Waals surface area contributed by atoms with Crippen LogP contribution in [0.3, 0.4) is 0 Å². The molecule has 3 heterocycles. The second-order valence-electron chi connectivity index (χ2n) is 4.63. The minimum atomic E-state index is 0.855. The molecule has 0 unspecified atom stereocenters. The lowest BCUT2D eigenvalue weighted by Crippen LogP contribution is -2.46. The topological polar surface area (TPSA) is 63.0 Å². The molecule has 3 rings (SSSR count). The second-order valence-corrected chi connectivity index (χ2v) is 4.63. The smallest absolute Gasteiger partial charge is 0.140 e. The first-order chi connectivity index (χ1) is 9.33. The maximum absolute atomic E-state index is 4.29. The van der Waals surface area contributed by atoms with E-state index in [9.17, 15) is 0 Å². The van der Waals surface area contributed by atoms with Gasteiger partial charge in [0.05, 0.1) is 6.54 Å². The van der Waals surface area contributed by atoms with Crippen molar-refractivity contribution < 1.29 is 0 Å². The maximum Gasteiger partial charge on any atom is 0.140 e. The highest BCUT2D eigenvalue weighted by atomic mass is 15.3. The van der Waals surface area contributed by atoms with Crippen LogP contribution in [-0.2, 0) is 13.6 Å². The van der Waals surface area contributed by atoms with E-state index in [-0.39, 0.29) is 0 Å². The van der Waals surface area contributed by atoms with Crippen LogP contribution in [0.5, 0.6) is 0 Å². The first-order valence-electron chi connectivity index (χ1n) is 6.39. The summed E-state index contributed by atoms with van der Waals surface area (Å²) in [5, 5.41) is 4.10. The first kappa shape index (κ1) is 12.0. The molecular formula is C12H17N7. The van der Waals surface area contributed by atoms with E-state index in [1.54, 1.807) is 18.9 Å². The Kier molecular flexibility index (Phi) is 3.37. The van der Waals surface area contributed by atoms with E-state index in [1.165, 1.54) is 0 Å². The van der Waals surface area contributed by atoms with Crippen molar-refractivity contribution in [2.75, 3.05) is 31.1 Å². The van der Waals surface area contributed by atoms with Crippen LogP contribution in [-0.4, -0.2) is 55.8 Å². The second kappa shape index (κ2) is 5.31. The average molecular weight is 259 g/mol. The summed E-state index contributed by atoms with van der Waals surface area (Å²) >= 11 is 0. The van der Waals surface area contributed by atoms with Gasteiger partial charge in [0.25, 0.3) is 0 Å². The molecule has 0 N–H and O–H groups in total. The van der Waals surface area contributed by atoms with Crippen molar-refractivity contribution >= 4 is 5.82 Å². The molecule has 1 aliphatic rings. The number of aromatic nitrogens is 5. The molecule has 0 amide bonds. The lowest BCUT2D eigenvalue weighted by Gasteiger charge is -2.34. The number of nitrogens with zero attached hydrogens (tertiary/aromatic N) is 7. The van der Waals surface area contributed by atoms with Crippen LogP contribution in [0.15, 0.2) is 24.9 Å². The fourth-order valence-electron chi connectivity index (χ4n) is 2.27. The zero-order valence-electron chi connectivity index (χ0n) is 11.0. The quantitative estimate of drug-likeness (QED) is 0.769. The summed E-state index contributed by atoms with van der Waals surface area (Å²) in [4.78, 5) is 17.2. The van der Waals surface area contributed by atoms with Crippen molar-refractivity contribution in [1.29, 1.82) is 0 Å². The van der Waals surface area contributed by atoms with Gasteiger partial charge in [-0.2, -0.15) is 5.10 Å². The van der Waals surface area contributed by atoms with Crippen LogP contribution in [0.25, 0.3) is 0 Å². The van der Waals surface area contributed by atoms with E-state index in [1.807, 2.05) is 17.8 Å². The van der Waals surface area contributed by atoms with Crippen molar-refractivity contribution in [2.45, 2.75) is 6.54 Å². The molecule has 7 nitrogen and oxygen atoms in total. The summed E-state index contributed by atoms with van der Waals surface area (Å²) in [6.07, 6.45) is 4.99. The normalized spacial score (nSPS) is 16.8. The van der Waals surface area contributed by atoms with Gasteiger partial charge >= 0.3 is 0 Å². The number of piperazine rings is 1. The minimum Gasteiger partial charge on any atom is -0.354 e. The van der Waals surface area contributed by atoms with Gasteiger partial charge in [-0.15, -0.1) is 0 Å². The number of rotatable bonds is 3. The Morgan fingerprint density at radius 2 is 1.95 bits per heavy atom. The summed E-state index contributed by atoms with van der Waals surface area (Å²) in [5.74, 6) is 2.02. The molecule has 1 aliphatic heterocycles. The van der Waals surface area contributed by atoms with Crippen LogP contribution < -0.4 is 4.90 Å². The van der Waals surface area contributed by atoms with Gasteiger partial charge < -0.3 is 4.90 Å². The zero-order valence-corrected chi connectivity index (χ0v) is 11.0. The molecule has 100 valence electrons. The Hall–Kier alpha value is -2.02. The fraction of sp³-hybridized carbons (Fsp3) is 0.500. The van der Waals surface area contributed by atoms with Crippen molar-refractivity contribution in [3.8, 4) is 0 Å². The van der Waals surface area contributed by atoms with Crippen molar-refractivity contribution in [2.24, 2.45) is 7.05 Å². The molecule has 2 aromatic heterocycles. The lowest BCUT2D eigenvalue weighted by molar-refractivity contribution is 0.240. The molecular weight excluding hydrogens is 242 g/mol. The van der Waals surface area contributed by atoms with Gasteiger partial charge in [-0.25, -0.2) is 15.0 Å². The maximum atomic E-state index is 4.29. The molecule has 0 spiro atoms. The third-order valence-corrected chi connectivity index (χ3v) is 3.43. The lowest BCUT2D eigenvalue weighted by atomic mass is 10.3. The summed E-state index contributed by atoms with van der Waals surface area (Å²) in [6.45, 7) is 4.84. The molecule has 0 radical (unpaired) electrons. The zero-order chi connectivity index (χ0) is 13.1. The van der Waals surface area contributed by atoms with Gasteiger partial charge in [0.15, 0.2) is 0 Å². The van der Waals surface area contributed by atoms with Gasteiger partial charge in [0, 0.05) is 39.4 Å². The monoisotopic (exact) mass is 259 g/mol. The molecule has 0 bridgehead atoms. The van der Waals surface area contributed by atoms with Crippen molar-refractivity contribution in [3.05, 3.63) is 30.7 Å². The summed E-state index contributed by atoms with van der Waals surface area (Å²) in [6, 6.07) is 1.96. The van der Waals surface area contributed by atoms with Gasteiger partial charge in [0.1, 0.15) is 24.3 Å². The van der Waals surface area contributed by atoms with Crippen LogP contribution in [0.4, 0.5) is 5.82 Å². The largest absolute Gasteiger partial charge is 0.354 e. The Morgan fingerprint density at radius 3 is 2.58 bits per heavy atom. The molecule has 0 atom stereocenters. The van der Waals surface area contributed by atoms with E-state index in [2.05, 4.69) is 29.9 Å². The van der Waals surface area contributed by atoms with Crippen LogP contribution in [0, 0.1) is 0 Å². The predicted octanol–water partition coefficient (Wildman–Crippen LogP) is -0.0727. The highest BCUT2D eigenvalue weighted by Crippen LogP contribution is 2.12. The van der Waals surface area contributed by atoms with Crippen LogP contribution >= 0.6 is 0 Å². The number of aryl methyl sites for hydroxylation is 1. The Labute approximate surface area is 111 Å². The standard InChI is InChI=1S/C12H17N7/c1-17-12(15-10-16-17)8-18-4-6-19(7-5-18)11-2-3-13-9-14-11/h2-3,9-10H,4-8H2,1H3.